The molecule has 0 spiro atoms. The fraction of sp³-hybridized carbons (Fsp3) is 0.364. The predicted octanol–water partition coefficient (Wildman–Crippen LogP) is 7.08. The maximum absolute atomic E-state index is 16.0. The van der Waals surface area contributed by atoms with Crippen molar-refractivity contribution >= 4 is 44.5 Å². The summed E-state index contributed by atoms with van der Waals surface area (Å²) in [4.78, 5) is 7.89. The third kappa shape index (κ3) is 5.80. The molecule has 13 heteroatoms. The van der Waals surface area contributed by atoms with Crippen LogP contribution in [-0.4, -0.2) is 58.7 Å². The van der Waals surface area contributed by atoms with Crippen molar-refractivity contribution in [3.63, 3.8) is 0 Å². The van der Waals surface area contributed by atoms with E-state index < -0.39 is 20.7 Å². The van der Waals surface area contributed by atoms with E-state index in [1.165, 1.54) is 49.3 Å². The monoisotopic (exact) mass is 688 g/mol. The number of ether oxygens (including phenoxy) is 2. The van der Waals surface area contributed by atoms with Gasteiger partial charge in [-0.25, -0.2) is 26.5 Å². The Kier molecular flexibility index (Phi) is 9.17. The average Bonchev–Trinajstić information content (AvgIpc) is 3.74. The highest BCUT2D eigenvalue weighted by Gasteiger charge is 2.48. The molecule has 0 amide bonds. The van der Waals surface area contributed by atoms with Gasteiger partial charge >= 0.3 is 0 Å². The van der Waals surface area contributed by atoms with Crippen molar-refractivity contribution in [2.45, 2.75) is 48.7 Å². The van der Waals surface area contributed by atoms with E-state index in [0.29, 0.717) is 29.3 Å². The van der Waals surface area contributed by atoms with E-state index in [1.807, 2.05) is 24.1 Å². The molecule has 0 bridgehead atoms. The van der Waals surface area contributed by atoms with Gasteiger partial charge in [0, 0.05) is 60.4 Å². The molecule has 4 aromatic rings. The van der Waals surface area contributed by atoms with Gasteiger partial charge in [0.05, 0.1) is 37.0 Å². The van der Waals surface area contributed by atoms with Crippen LogP contribution in [-0.2, 0) is 22.1 Å². The first-order valence-electron chi connectivity index (χ1n) is 14.9. The number of halogens is 3. The van der Waals surface area contributed by atoms with E-state index in [-0.39, 0.29) is 34.8 Å². The maximum atomic E-state index is 16.0. The molecule has 0 radical (unpaired) electrons. The smallest absolute Gasteiger partial charge is 0.268 e. The van der Waals surface area contributed by atoms with Gasteiger partial charge in [-0.05, 0) is 49.9 Å². The van der Waals surface area contributed by atoms with E-state index in [9.17, 15) is 12.8 Å². The highest BCUT2D eigenvalue weighted by Crippen LogP contribution is 2.49. The minimum atomic E-state index is -4.47. The zero-order valence-electron chi connectivity index (χ0n) is 25.8. The Balaban J connectivity index is 1.27. The van der Waals surface area contributed by atoms with Crippen molar-refractivity contribution in [1.29, 1.82) is 0 Å². The average molecular weight is 689 g/mol. The zero-order chi connectivity index (χ0) is 32.6. The molecule has 46 heavy (non-hydrogen) atoms. The molecule has 6 rings (SSSR count). The molecule has 1 aromatic heterocycles. The lowest BCUT2D eigenvalue weighted by Crippen LogP contribution is -2.51. The number of hydrogen-bond donors (Lipinski definition) is 0. The van der Waals surface area contributed by atoms with Crippen LogP contribution in [0.3, 0.4) is 0 Å². The lowest BCUT2D eigenvalue weighted by molar-refractivity contribution is 0.0280. The van der Waals surface area contributed by atoms with Gasteiger partial charge in [0.2, 0.25) is 0 Å². The number of sulfonamides is 1. The van der Waals surface area contributed by atoms with Crippen LogP contribution >= 0.6 is 22.9 Å². The molecule has 2 fully saturated rings. The lowest BCUT2D eigenvalue weighted by Gasteiger charge is -2.49. The number of nitrogens with zero attached hydrogens (tertiary/aromatic N) is 4. The zero-order valence-corrected chi connectivity index (χ0v) is 28.1. The van der Waals surface area contributed by atoms with Crippen LogP contribution in [0.4, 0.5) is 20.3 Å². The summed E-state index contributed by atoms with van der Waals surface area (Å²) in [5.41, 5.74) is 2.80. The van der Waals surface area contributed by atoms with E-state index in [1.54, 1.807) is 29.6 Å². The van der Waals surface area contributed by atoms with Crippen LogP contribution in [0.25, 0.3) is 0 Å². The first-order chi connectivity index (χ1) is 22.1. The number of anilines is 2. The van der Waals surface area contributed by atoms with Gasteiger partial charge in [0.15, 0.2) is 5.82 Å². The molecule has 1 aliphatic carbocycles. The minimum absolute atomic E-state index is 0.0300. The summed E-state index contributed by atoms with van der Waals surface area (Å²) in [7, 11) is 0.361. The second kappa shape index (κ2) is 13.0. The van der Waals surface area contributed by atoms with Crippen LogP contribution in [0, 0.1) is 11.6 Å². The quantitative estimate of drug-likeness (QED) is 0.167. The third-order valence-corrected chi connectivity index (χ3v) is 11.9. The van der Waals surface area contributed by atoms with Gasteiger partial charge in [-0.3, -0.25) is 4.90 Å². The molecule has 1 saturated carbocycles. The molecule has 1 saturated heterocycles. The lowest BCUT2D eigenvalue weighted by atomic mass is 9.70. The van der Waals surface area contributed by atoms with Crippen molar-refractivity contribution in [3.8, 4) is 11.5 Å². The Bertz CT molecular complexity index is 1820. The highest BCUT2D eigenvalue weighted by molar-refractivity contribution is 7.92. The number of thiazole rings is 1. The third-order valence-electron chi connectivity index (χ3n) is 9.30. The topological polar surface area (TPSA) is 75.2 Å². The van der Waals surface area contributed by atoms with Crippen molar-refractivity contribution in [2.75, 3.05) is 43.6 Å². The fourth-order valence-corrected chi connectivity index (χ4v) is 9.04. The molecule has 3 aromatic carbocycles. The number of likely N-dealkylation sites (tertiary alicyclic amines) is 1. The second-order valence-corrected chi connectivity index (χ2v) is 14.6. The summed E-state index contributed by atoms with van der Waals surface area (Å²) in [5.74, 6) is -0.0236. The number of aromatic nitrogens is 1. The largest absolute Gasteiger partial charge is 0.497 e. The summed E-state index contributed by atoms with van der Waals surface area (Å²) in [6, 6.07) is 14.3. The molecule has 1 unspecified atom stereocenters. The SMILES string of the molecule is COc1ccc(CN(c2cscn2)S(=O)(=O)c2cc(Cl)c(N(C)C3CCN(C4(c5ccccc5F)CCC4)C3)cc2F)c(OC)c1. The van der Waals surface area contributed by atoms with Gasteiger partial charge in [-0.15, -0.1) is 11.3 Å². The summed E-state index contributed by atoms with van der Waals surface area (Å²) in [5, 5.41) is 1.69. The summed E-state index contributed by atoms with van der Waals surface area (Å²) in [6.45, 7) is 1.23. The van der Waals surface area contributed by atoms with Gasteiger partial charge in [0.25, 0.3) is 10.0 Å². The Labute approximate surface area is 277 Å². The first-order valence-corrected chi connectivity index (χ1v) is 17.7. The highest BCUT2D eigenvalue weighted by atomic mass is 35.5. The van der Waals surface area contributed by atoms with Gasteiger partial charge < -0.3 is 14.4 Å². The van der Waals surface area contributed by atoms with E-state index in [2.05, 4.69) is 9.88 Å². The number of rotatable bonds is 11. The van der Waals surface area contributed by atoms with Crippen LogP contribution in [0.2, 0.25) is 5.02 Å². The van der Waals surface area contributed by atoms with Crippen molar-refractivity contribution < 1.29 is 26.7 Å². The van der Waals surface area contributed by atoms with E-state index in [4.69, 9.17) is 21.1 Å². The Morgan fingerprint density at radius 2 is 1.87 bits per heavy atom. The Morgan fingerprint density at radius 3 is 2.52 bits per heavy atom. The number of methoxy groups -OCH3 is 2. The molecule has 2 aliphatic rings. The Morgan fingerprint density at radius 1 is 1.09 bits per heavy atom. The summed E-state index contributed by atoms with van der Waals surface area (Å²) in [6.07, 6.45) is 3.56. The first kappa shape index (κ1) is 32.5. The van der Waals surface area contributed by atoms with Crippen molar-refractivity contribution in [3.05, 3.63) is 93.3 Å². The molecular weight excluding hydrogens is 654 g/mol. The number of benzene rings is 3. The van der Waals surface area contributed by atoms with Gasteiger partial charge in [0.1, 0.15) is 28.0 Å². The molecular formula is C33H35ClF2N4O4S2. The molecule has 1 aliphatic heterocycles. The molecule has 2 heterocycles. The number of likely N-dealkylation sites (N-methyl/N-ethyl adjacent to an activating group) is 1. The predicted molar refractivity (Wildman–Crippen MR) is 177 cm³/mol. The van der Waals surface area contributed by atoms with Crippen LogP contribution < -0.4 is 18.7 Å². The van der Waals surface area contributed by atoms with Crippen molar-refractivity contribution in [1.82, 2.24) is 9.88 Å². The fourth-order valence-electron chi connectivity index (χ4n) is 6.61. The second-order valence-electron chi connectivity index (χ2n) is 11.6. The van der Waals surface area contributed by atoms with E-state index in [0.717, 1.165) is 42.1 Å². The number of hydrogen-bond acceptors (Lipinski definition) is 8. The van der Waals surface area contributed by atoms with Gasteiger partial charge in [-0.2, -0.15) is 0 Å². The van der Waals surface area contributed by atoms with Gasteiger partial charge in [-0.1, -0.05) is 29.8 Å². The van der Waals surface area contributed by atoms with E-state index >= 15 is 4.39 Å². The van der Waals surface area contributed by atoms with Crippen LogP contribution in [0.1, 0.15) is 36.8 Å². The Hall–Kier alpha value is -3.45. The maximum Gasteiger partial charge on any atom is 0.268 e. The molecule has 8 nitrogen and oxygen atoms in total. The van der Waals surface area contributed by atoms with Crippen LogP contribution in [0.5, 0.6) is 11.5 Å². The van der Waals surface area contributed by atoms with Crippen molar-refractivity contribution in [2.24, 2.45) is 0 Å². The standard InChI is InChI=1S/C33H35ClF2N4O4S2/c1-38(23-11-14-39(19-23)33(12-6-13-33)25-7-4-5-8-27(25)35)29-17-28(36)31(16-26(29)34)46(41,42)40(32-20-45-21-37-32)18-22-9-10-24(43-2)15-30(22)44-3/h4-5,7-10,15-17,20-21,23H,6,11-14,18-19H2,1-3H3. The van der Waals surface area contributed by atoms with Crippen LogP contribution in [0.15, 0.2) is 70.4 Å². The molecule has 244 valence electrons. The summed E-state index contributed by atoms with van der Waals surface area (Å²) < 4.78 is 70.8. The summed E-state index contributed by atoms with van der Waals surface area (Å²) >= 11 is 7.95. The minimum Gasteiger partial charge on any atom is -0.497 e. The molecule has 0 N–H and O–H groups in total. The normalized spacial score (nSPS) is 17.8. The molecule has 1 atom stereocenters.